The first kappa shape index (κ1) is 17.7. The van der Waals surface area contributed by atoms with Gasteiger partial charge in [-0.15, -0.1) is 0 Å². The van der Waals surface area contributed by atoms with E-state index in [-0.39, 0.29) is 35.9 Å². The Morgan fingerprint density at radius 1 is 1.15 bits per heavy atom. The van der Waals surface area contributed by atoms with Crippen molar-refractivity contribution in [2.75, 3.05) is 18.5 Å². The molecule has 2 aliphatic heterocycles. The molecule has 0 spiro atoms. The SMILES string of the molecule is O=C(Nc1cccc(Cl)c1)c1ccc2c(c1)C(=O)N(CC1CCCO1)C2=O. The summed E-state index contributed by atoms with van der Waals surface area (Å²) in [6.07, 6.45) is 1.65. The van der Waals surface area contributed by atoms with E-state index in [1.54, 1.807) is 30.3 Å². The van der Waals surface area contributed by atoms with E-state index in [2.05, 4.69) is 5.32 Å². The highest BCUT2D eigenvalue weighted by Gasteiger charge is 2.37. The fourth-order valence-electron chi connectivity index (χ4n) is 3.36. The molecule has 3 amide bonds. The van der Waals surface area contributed by atoms with Crippen LogP contribution in [0.15, 0.2) is 42.5 Å². The highest BCUT2D eigenvalue weighted by atomic mass is 35.5. The molecule has 1 saturated heterocycles. The van der Waals surface area contributed by atoms with Gasteiger partial charge in [0.15, 0.2) is 0 Å². The molecule has 6 nitrogen and oxygen atoms in total. The number of ether oxygens (including phenoxy) is 1. The lowest BCUT2D eigenvalue weighted by Crippen LogP contribution is -2.36. The maximum Gasteiger partial charge on any atom is 0.261 e. The van der Waals surface area contributed by atoms with Gasteiger partial charge in [-0.2, -0.15) is 0 Å². The average Bonchev–Trinajstić information content (AvgIpc) is 3.25. The monoisotopic (exact) mass is 384 g/mol. The molecule has 0 saturated carbocycles. The van der Waals surface area contributed by atoms with Crippen molar-refractivity contribution in [2.24, 2.45) is 0 Å². The summed E-state index contributed by atoms with van der Waals surface area (Å²) in [5, 5.41) is 3.24. The Balaban J connectivity index is 1.54. The topological polar surface area (TPSA) is 75.7 Å². The normalized spacial score (nSPS) is 18.7. The number of fused-ring (bicyclic) bond motifs is 1. The molecule has 0 bridgehead atoms. The molecule has 2 aromatic carbocycles. The molecule has 0 aliphatic carbocycles. The third-order valence-corrected chi connectivity index (χ3v) is 4.96. The Labute approximate surface area is 161 Å². The quantitative estimate of drug-likeness (QED) is 0.820. The summed E-state index contributed by atoms with van der Waals surface area (Å²) in [6, 6.07) is 11.3. The van der Waals surface area contributed by atoms with E-state index >= 15 is 0 Å². The number of nitrogens with zero attached hydrogens (tertiary/aromatic N) is 1. The van der Waals surface area contributed by atoms with Gasteiger partial charge in [-0.25, -0.2) is 0 Å². The number of hydrogen-bond donors (Lipinski definition) is 1. The Hall–Kier alpha value is -2.70. The second-order valence-electron chi connectivity index (χ2n) is 6.58. The average molecular weight is 385 g/mol. The standard InChI is InChI=1S/C20H17ClN2O4/c21-13-3-1-4-14(10-13)22-18(24)12-6-7-16-17(9-12)20(26)23(19(16)25)11-15-5-2-8-27-15/h1,3-4,6-7,9-10,15H,2,5,8,11H2,(H,22,24). The summed E-state index contributed by atoms with van der Waals surface area (Å²) in [7, 11) is 0. The van der Waals surface area contributed by atoms with Gasteiger partial charge >= 0.3 is 0 Å². The van der Waals surface area contributed by atoms with Crippen LogP contribution in [0.2, 0.25) is 5.02 Å². The Morgan fingerprint density at radius 2 is 1.96 bits per heavy atom. The summed E-state index contributed by atoms with van der Waals surface area (Å²) in [5.74, 6) is -1.10. The van der Waals surface area contributed by atoms with Crippen LogP contribution < -0.4 is 5.32 Å². The van der Waals surface area contributed by atoms with Crippen LogP contribution in [0.1, 0.15) is 43.9 Å². The van der Waals surface area contributed by atoms with Crippen molar-refractivity contribution in [3.05, 3.63) is 64.2 Å². The van der Waals surface area contributed by atoms with E-state index in [1.807, 2.05) is 0 Å². The van der Waals surface area contributed by atoms with Crippen LogP contribution >= 0.6 is 11.6 Å². The second kappa shape index (κ2) is 7.13. The fourth-order valence-corrected chi connectivity index (χ4v) is 3.55. The van der Waals surface area contributed by atoms with E-state index in [9.17, 15) is 14.4 Å². The van der Waals surface area contributed by atoms with Gasteiger partial charge in [0.05, 0.1) is 23.8 Å². The summed E-state index contributed by atoms with van der Waals surface area (Å²) >= 11 is 5.92. The molecule has 0 radical (unpaired) electrons. The molecule has 2 aliphatic rings. The predicted molar refractivity (Wildman–Crippen MR) is 100 cm³/mol. The van der Waals surface area contributed by atoms with Gasteiger partial charge in [-0.05, 0) is 49.2 Å². The smallest absolute Gasteiger partial charge is 0.261 e. The Kier molecular flexibility index (Phi) is 4.68. The van der Waals surface area contributed by atoms with Gasteiger partial charge in [0.2, 0.25) is 0 Å². The number of amides is 3. The maximum absolute atomic E-state index is 12.7. The number of halogens is 1. The zero-order chi connectivity index (χ0) is 19.0. The van der Waals surface area contributed by atoms with Gasteiger partial charge in [0, 0.05) is 22.9 Å². The van der Waals surface area contributed by atoms with Crippen molar-refractivity contribution in [1.29, 1.82) is 0 Å². The van der Waals surface area contributed by atoms with Crippen LogP contribution in [0.5, 0.6) is 0 Å². The summed E-state index contributed by atoms with van der Waals surface area (Å²) in [6.45, 7) is 0.901. The largest absolute Gasteiger partial charge is 0.376 e. The molecule has 1 fully saturated rings. The van der Waals surface area contributed by atoms with Gasteiger partial charge < -0.3 is 10.1 Å². The maximum atomic E-state index is 12.7. The molecule has 1 atom stereocenters. The second-order valence-corrected chi connectivity index (χ2v) is 7.02. The fraction of sp³-hybridized carbons (Fsp3) is 0.250. The lowest BCUT2D eigenvalue weighted by atomic mass is 10.1. The number of carbonyl (C=O) groups excluding carboxylic acids is 3. The molecule has 2 heterocycles. The molecule has 7 heteroatoms. The molecule has 1 N–H and O–H groups in total. The number of anilines is 1. The molecule has 2 aromatic rings. The van der Waals surface area contributed by atoms with E-state index in [0.29, 0.717) is 28.4 Å². The van der Waals surface area contributed by atoms with Crippen LogP contribution in [0.25, 0.3) is 0 Å². The number of rotatable bonds is 4. The highest BCUT2D eigenvalue weighted by molar-refractivity contribution is 6.31. The van der Waals surface area contributed by atoms with Gasteiger partial charge in [-0.3, -0.25) is 19.3 Å². The van der Waals surface area contributed by atoms with Crippen molar-refractivity contribution < 1.29 is 19.1 Å². The van der Waals surface area contributed by atoms with Crippen molar-refractivity contribution in [3.63, 3.8) is 0 Å². The third-order valence-electron chi connectivity index (χ3n) is 4.73. The van der Waals surface area contributed by atoms with Crippen LogP contribution in [0.4, 0.5) is 5.69 Å². The first-order valence-electron chi connectivity index (χ1n) is 8.72. The van der Waals surface area contributed by atoms with Gasteiger partial charge in [-0.1, -0.05) is 17.7 Å². The molecule has 4 rings (SSSR count). The van der Waals surface area contributed by atoms with Crippen molar-refractivity contribution in [3.8, 4) is 0 Å². The van der Waals surface area contributed by atoms with Gasteiger partial charge in [0.25, 0.3) is 17.7 Å². The lowest BCUT2D eigenvalue weighted by molar-refractivity contribution is 0.0475. The van der Waals surface area contributed by atoms with Crippen LogP contribution in [-0.2, 0) is 4.74 Å². The zero-order valence-corrected chi connectivity index (χ0v) is 15.2. The van der Waals surface area contributed by atoms with Crippen LogP contribution in [-0.4, -0.2) is 41.9 Å². The van der Waals surface area contributed by atoms with E-state index in [0.717, 1.165) is 12.8 Å². The molecular weight excluding hydrogens is 368 g/mol. The van der Waals surface area contributed by atoms with Crippen LogP contribution in [0, 0.1) is 0 Å². The molecule has 1 unspecified atom stereocenters. The number of nitrogens with one attached hydrogen (secondary N) is 1. The Bertz CT molecular complexity index is 937. The molecular formula is C20H17ClN2O4. The minimum absolute atomic E-state index is 0.113. The molecule has 0 aromatic heterocycles. The van der Waals surface area contributed by atoms with Gasteiger partial charge in [0.1, 0.15) is 0 Å². The highest BCUT2D eigenvalue weighted by Crippen LogP contribution is 2.26. The summed E-state index contributed by atoms with van der Waals surface area (Å²) in [5.41, 5.74) is 1.42. The van der Waals surface area contributed by atoms with Crippen molar-refractivity contribution in [1.82, 2.24) is 4.90 Å². The summed E-state index contributed by atoms with van der Waals surface area (Å²) in [4.78, 5) is 38.9. The first-order valence-corrected chi connectivity index (χ1v) is 9.09. The van der Waals surface area contributed by atoms with Crippen LogP contribution in [0.3, 0.4) is 0 Å². The third kappa shape index (κ3) is 3.46. The Morgan fingerprint density at radius 3 is 2.70 bits per heavy atom. The lowest BCUT2D eigenvalue weighted by Gasteiger charge is -2.17. The van der Waals surface area contributed by atoms with E-state index in [1.165, 1.54) is 17.0 Å². The van der Waals surface area contributed by atoms with Crippen molar-refractivity contribution in [2.45, 2.75) is 18.9 Å². The number of benzene rings is 2. The molecule has 138 valence electrons. The zero-order valence-electron chi connectivity index (χ0n) is 14.4. The predicted octanol–water partition coefficient (Wildman–Crippen LogP) is 3.37. The van der Waals surface area contributed by atoms with Crippen molar-refractivity contribution >= 4 is 35.0 Å². The molecule has 27 heavy (non-hydrogen) atoms. The number of carbonyl (C=O) groups is 3. The van der Waals surface area contributed by atoms with E-state index < -0.39 is 0 Å². The van der Waals surface area contributed by atoms with E-state index in [4.69, 9.17) is 16.3 Å². The minimum Gasteiger partial charge on any atom is -0.376 e. The minimum atomic E-state index is -0.386. The summed E-state index contributed by atoms with van der Waals surface area (Å²) < 4.78 is 5.53. The first-order chi connectivity index (χ1) is 13.0. The number of hydrogen-bond acceptors (Lipinski definition) is 4. The number of imide groups is 1.